The average molecular weight is 295 g/mol. The molecule has 0 aromatic carbocycles. The molecule has 0 bridgehead atoms. The zero-order valence-electron chi connectivity index (χ0n) is 13.1. The number of ether oxygens (including phenoxy) is 1. The number of primary amides is 1. The van der Waals surface area contributed by atoms with Crippen molar-refractivity contribution in [3.63, 3.8) is 0 Å². The quantitative estimate of drug-likeness (QED) is 0.847. The van der Waals surface area contributed by atoms with E-state index in [0.717, 1.165) is 39.1 Å². The molecule has 2 aliphatic heterocycles. The van der Waals surface area contributed by atoms with Crippen LogP contribution in [-0.2, 0) is 4.74 Å². The van der Waals surface area contributed by atoms with E-state index in [0.29, 0.717) is 6.10 Å². The van der Waals surface area contributed by atoms with E-state index in [2.05, 4.69) is 4.90 Å². The molecule has 0 radical (unpaired) electrons. The molecule has 3 aliphatic rings. The maximum atomic E-state index is 11.3. The summed E-state index contributed by atoms with van der Waals surface area (Å²) in [5, 5.41) is 0. The largest absolute Gasteiger partial charge is 0.370 e. The molecule has 1 spiro atoms. The Labute approximate surface area is 127 Å². The van der Waals surface area contributed by atoms with E-state index in [1.54, 1.807) is 4.90 Å². The Morgan fingerprint density at radius 3 is 2.62 bits per heavy atom. The lowest BCUT2D eigenvalue weighted by Crippen LogP contribution is -2.40. The Morgan fingerprint density at radius 2 is 1.86 bits per heavy atom. The summed E-state index contributed by atoms with van der Waals surface area (Å²) in [5.74, 6) is 0. The normalized spacial score (nSPS) is 30.5. The van der Waals surface area contributed by atoms with Gasteiger partial charge in [0.15, 0.2) is 0 Å². The molecular formula is C16H29N3O2. The van der Waals surface area contributed by atoms with Crippen LogP contribution in [0.4, 0.5) is 4.79 Å². The molecule has 0 aromatic rings. The molecule has 2 N–H and O–H groups in total. The molecule has 1 aliphatic carbocycles. The zero-order chi connectivity index (χ0) is 14.7. The van der Waals surface area contributed by atoms with Crippen LogP contribution in [0.5, 0.6) is 0 Å². The van der Waals surface area contributed by atoms with E-state index >= 15 is 0 Å². The molecule has 5 nitrogen and oxygen atoms in total. The van der Waals surface area contributed by atoms with E-state index < -0.39 is 0 Å². The summed E-state index contributed by atoms with van der Waals surface area (Å²) < 4.78 is 6.46. The van der Waals surface area contributed by atoms with E-state index in [4.69, 9.17) is 10.5 Å². The van der Waals surface area contributed by atoms with Crippen LogP contribution >= 0.6 is 0 Å². The van der Waals surface area contributed by atoms with Gasteiger partial charge in [-0.3, -0.25) is 4.90 Å². The number of rotatable bonds is 2. The Balaban J connectivity index is 1.47. The molecule has 21 heavy (non-hydrogen) atoms. The second-order valence-corrected chi connectivity index (χ2v) is 7.00. The number of hydrogen-bond donors (Lipinski definition) is 1. The number of urea groups is 1. The van der Waals surface area contributed by atoms with Crippen molar-refractivity contribution in [2.24, 2.45) is 5.73 Å². The number of hydrogen-bond acceptors (Lipinski definition) is 3. The number of carbonyl (C=O) groups is 1. The van der Waals surface area contributed by atoms with E-state index in [9.17, 15) is 4.79 Å². The Morgan fingerprint density at radius 1 is 1.05 bits per heavy atom. The van der Waals surface area contributed by atoms with Gasteiger partial charge >= 0.3 is 6.03 Å². The van der Waals surface area contributed by atoms with Gasteiger partial charge < -0.3 is 15.4 Å². The summed E-state index contributed by atoms with van der Waals surface area (Å²) in [5.41, 5.74) is 5.60. The third-order valence-electron chi connectivity index (χ3n) is 5.47. The smallest absolute Gasteiger partial charge is 0.314 e. The third kappa shape index (κ3) is 3.69. The van der Waals surface area contributed by atoms with Gasteiger partial charge in [-0.15, -0.1) is 0 Å². The molecule has 1 atom stereocenters. The van der Waals surface area contributed by atoms with Crippen LogP contribution in [-0.4, -0.2) is 60.3 Å². The van der Waals surface area contributed by atoms with Gasteiger partial charge in [-0.25, -0.2) is 4.79 Å². The van der Waals surface area contributed by atoms with Crippen LogP contribution in [0.15, 0.2) is 0 Å². The topological polar surface area (TPSA) is 58.8 Å². The van der Waals surface area contributed by atoms with Gasteiger partial charge in [0.2, 0.25) is 0 Å². The molecule has 120 valence electrons. The summed E-state index contributed by atoms with van der Waals surface area (Å²) in [4.78, 5) is 15.5. The highest BCUT2D eigenvalue weighted by molar-refractivity contribution is 5.71. The number of nitrogens with two attached hydrogens (primary N) is 1. The minimum atomic E-state index is -0.282. The number of amides is 2. The molecular weight excluding hydrogens is 266 g/mol. The predicted molar refractivity (Wildman–Crippen MR) is 82.1 cm³/mol. The highest BCUT2D eigenvalue weighted by Gasteiger charge is 2.41. The summed E-state index contributed by atoms with van der Waals surface area (Å²) >= 11 is 0. The summed E-state index contributed by atoms with van der Waals surface area (Å²) in [7, 11) is 0. The van der Waals surface area contributed by atoms with Crippen LogP contribution in [0.25, 0.3) is 0 Å². The van der Waals surface area contributed by atoms with Gasteiger partial charge in [-0.1, -0.05) is 19.3 Å². The maximum Gasteiger partial charge on any atom is 0.314 e. The highest BCUT2D eigenvalue weighted by atomic mass is 16.5. The van der Waals surface area contributed by atoms with Crippen molar-refractivity contribution >= 4 is 6.03 Å². The Hall–Kier alpha value is -0.810. The highest BCUT2D eigenvalue weighted by Crippen LogP contribution is 2.42. The van der Waals surface area contributed by atoms with Gasteiger partial charge in [0.25, 0.3) is 0 Å². The third-order valence-corrected chi connectivity index (χ3v) is 5.47. The van der Waals surface area contributed by atoms with Crippen molar-refractivity contribution in [3.05, 3.63) is 0 Å². The molecule has 3 rings (SSSR count). The van der Waals surface area contributed by atoms with Gasteiger partial charge in [-0.05, 0) is 38.6 Å². The van der Waals surface area contributed by atoms with Gasteiger partial charge in [0, 0.05) is 26.2 Å². The lowest BCUT2D eigenvalue weighted by Gasteiger charge is -2.34. The van der Waals surface area contributed by atoms with Crippen molar-refractivity contribution in [1.82, 2.24) is 9.80 Å². The Bertz CT molecular complexity index is 369. The fraction of sp³-hybridized carbons (Fsp3) is 0.938. The molecule has 2 heterocycles. The second kappa shape index (κ2) is 6.53. The summed E-state index contributed by atoms with van der Waals surface area (Å²) in [6, 6.07) is -0.282. The first kappa shape index (κ1) is 15.1. The molecule has 1 unspecified atom stereocenters. The molecule has 5 heteroatoms. The number of carbonyl (C=O) groups excluding carboxylic acids is 1. The van der Waals surface area contributed by atoms with Crippen LogP contribution in [0, 0.1) is 0 Å². The van der Waals surface area contributed by atoms with Crippen LogP contribution in [0.2, 0.25) is 0 Å². The maximum absolute atomic E-state index is 11.3. The van der Waals surface area contributed by atoms with E-state index in [-0.39, 0.29) is 11.6 Å². The van der Waals surface area contributed by atoms with Crippen molar-refractivity contribution < 1.29 is 9.53 Å². The molecule has 2 amide bonds. The van der Waals surface area contributed by atoms with Crippen molar-refractivity contribution in [3.8, 4) is 0 Å². The van der Waals surface area contributed by atoms with Crippen molar-refractivity contribution in [2.75, 3.05) is 32.7 Å². The fourth-order valence-corrected chi connectivity index (χ4v) is 4.25. The molecule has 1 saturated carbocycles. The molecule has 0 aromatic heterocycles. The minimum absolute atomic E-state index is 0.216. The lowest BCUT2D eigenvalue weighted by molar-refractivity contribution is -0.0714. The minimum Gasteiger partial charge on any atom is -0.370 e. The Kier molecular flexibility index (Phi) is 4.69. The van der Waals surface area contributed by atoms with Crippen LogP contribution in [0.1, 0.15) is 51.4 Å². The second-order valence-electron chi connectivity index (χ2n) is 7.00. The first-order valence-corrected chi connectivity index (χ1v) is 8.61. The van der Waals surface area contributed by atoms with Crippen LogP contribution < -0.4 is 5.73 Å². The molecule has 3 fully saturated rings. The fourth-order valence-electron chi connectivity index (χ4n) is 4.25. The average Bonchev–Trinajstić information content (AvgIpc) is 2.71. The first-order chi connectivity index (χ1) is 10.2. The zero-order valence-corrected chi connectivity index (χ0v) is 13.1. The van der Waals surface area contributed by atoms with Crippen molar-refractivity contribution in [1.29, 1.82) is 0 Å². The van der Waals surface area contributed by atoms with Gasteiger partial charge in [-0.2, -0.15) is 0 Å². The van der Waals surface area contributed by atoms with Crippen molar-refractivity contribution in [2.45, 2.75) is 63.1 Å². The number of nitrogens with zero attached hydrogens (tertiary/aromatic N) is 2. The SMILES string of the molecule is NC(=O)N1CCCN(CC2CCC3(CCCCC3)O2)CC1. The van der Waals surface area contributed by atoms with E-state index in [1.807, 2.05) is 0 Å². The summed E-state index contributed by atoms with van der Waals surface area (Å²) in [6.07, 6.45) is 10.4. The van der Waals surface area contributed by atoms with E-state index in [1.165, 1.54) is 44.9 Å². The van der Waals surface area contributed by atoms with Gasteiger partial charge in [0.05, 0.1) is 11.7 Å². The summed E-state index contributed by atoms with van der Waals surface area (Å²) in [6.45, 7) is 4.55. The lowest BCUT2D eigenvalue weighted by atomic mass is 9.83. The van der Waals surface area contributed by atoms with Gasteiger partial charge in [0.1, 0.15) is 0 Å². The van der Waals surface area contributed by atoms with Crippen LogP contribution in [0.3, 0.4) is 0 Å². The monoisotopic (exact) mass is 295 g/mol. The predicted octanol–water partition coefficient (Wildman–Crippen LogP) is 1.95. The first-order valence-electron chi connectivity index (χ1n) is 8.61. The standard InChI is InChI=1S/C16H29N3O2/c17-15(20)19-10-4-9-18(11-12-19)13-14-5-8-16(21-14)6-2-1-3-7-16/h14H,1-13H2,(H2,17,20). The molecule has 2 saturated heterocycles.